The Morgan fingerprint density at radius 2 is 2.00 bits per heavy atom. The average molecular weight is 325 g/mol. The van der Waals surface area contributed by atoms with Gasteiger partial charge in [-0.1, -0.05) is 25.5 Å². The van der Waals surface area contributed by atoms with Gasteiger partial charge in [0.15, 0.2) is 0 Å². The van der Waals surface area contributed by atoms with Gasteiger partial charge < -0.3 is 0 Å². The summed E-state index contributed by atoms with van der Waals surface area (Å²) in [6, 6.07) is 3.89. The van der Waals surface area contributed by atoms with Crippen LogP contribution in [0.2, 0.25) is 0 Å². The van der Waals surface area contributed by atoms with Crippen LogP contribution in [0.25, 0.3) is 11.5 Å². The molecule has 0 saturated heterocycles. The summed E-state index contributed by atoms with van der Waals surface area (Å²) in [5.41, 5.74) is 7.14. The zero-order valence-electron chi connectivity index (χ0n) is 12.9. The monoisotopic (exact) mass is 324 g/mol. The molecule has 4 nitrogen and oxygen atoms in total. The number of rotatable bonds is 5. The lowest BCUT2D eigenvalue weighted by Gasteiger charge is -2.03. The summed E-state index contributed by atoms with van der Waals surface area (Å²) in [5.74, 6) is 1.06. The van der Waals surface area contributed by atoms with E-state index < -0.39 is 0 Å². The lowest BCUT2D eigenvalue weighted by molar-refractivity contribution is 0.734. The second-order valence-electron chi connectivity index (χ2n) is 5.18. The molecule has 0 radical (unpaired) electrons. The second kappa shape index (κ2) is 7.23. The van der Waals surface area contributed by atoms with Crippen LogP contribution in [0, 0.1) is 0 Å². The molecule has 23 heavy (non-hydrogen) atoms. The van der Waals surface area contributed by atoms with Crippen molar-refractivity contribution in [2.75, 3.05) is 5.88 Å². The van der Waals surface area contributed by atoms with Crippen LogP contribution >= 0.6 is 11.6 Å². The molecule has 0 fully saturated rings. The number of allylic oxidation sites excluding steroid dienone is 5. The van der Waals surface area contributed by atoms with Crippen LogP contribution in [0.15, 0.2) is 60.1 Å². The standard InChI is InChI=1S/C18H17ClN4/c1-2-5-16-12-17(15-7-3-6-14(13-19)8-9-15)22-23(16)18-20-10-4-11-21-18/h4,6-12H,2,5,13H2,1H3. The molecule has 0 N–H and O–H groups in total. The predicted molar refractivity (Wildman–Crippen MR) is 92.6 cm³/mol. The summed E-state index contributed by atoms with van der Waals surface area (Å²) in [7, 11) is 0. The maximum atomic E-state index is 5.88. The molecular formula is C18H17ClN4. The third-order valence-corrected chi connectivity index (χ3v) is 3.77. The van der Waals surface area contributed by atoms with Gasteiger partial charge in [-0.2, -0.15) is 5.10 Å². The van der Waals surface area contributed by atoms with Crippen LogP contribution < -0.4 is 0 Å². The Balaban J connectivity index is 2.04. The first-order valence-electron chi connectivity index (χ1n) is 7.58. The maximum absolute atomic E-state index is 5.88. The molecule has 1 aliphatic carbocycles. The third-order valence-electron chi connectivity index (χ3n) is 3.47. The number of hydrogen-bond donors (Lipinski definition) is 0. The number of hydrogen-bond acceptors (Lipinski definition) is 3. The van der Waals surface area contributed by atoms with E-state index in [1.54, 1.807) is 18.5 Å². The number of alkyl halides is 1. The van der Waals surface area contributed by atoms with Gasteiger partial charge in [0.25, 0.3) is 5.95 Å². The van der Waals surface area contributed by atoms with E-state index in [1.165, 1.54) is 0 Å². The fourth-order valence-corrected chi connectivity index (χ4v) is 2.51. The molecule has 0 aliphatic heterocycles. The topological polar surface area (TPSA) is 43.6 Å². The van der Waals surface area contributed by atoms with Crippen LogP contribution in [0.4, 0.5) is 0 Å². The van der Waals surface area contributed by atoms with Crippen LogP contribution in [0.1, 0.15) is 24.7 Å². The molecule has 5 heteroatoms. The van der Waals surface area contributed by atoms with E-state index in [9.17, 15) is 0 Å². The SMILES string of the molecule is CCCc1cc(C2=CC=C(CCl)C=C=C2)nn1-c1ncccn1. The van der Waals surface area contributed by atoms with Gasteiger partial charge in [0.05, 0.1) is 5.69 Å². The molecule has 2 heterocycles. The number of nitrogens with zero attached hydrogens (tertiary/aromatic N) is 4. The van der Waals surface area contributed by atoms with Crippen LogP contribution in [-0.4, -0.2) is 25.6 Å². The minimum absolute atomic E-state index is 0.470. The quantitative estimate of drug-likeness (QED) is 0.619. The zero-order valence-corrected chi connectivity index (χ0v) is 13.7. The van der Waals surface area contributed by atoms with Gasteiger partial charge in [-0.05, 0) is 36.3 Å². The molecule has 116 valence electrons. The van der Waals surface area contributed by atoms with Crippen molar-refractivity contribution < 1.29 is 0 Å². The molecular weight excluding hydrogens is 308 g/mol. The summed E-state index contributed by atoms with van der Waals surface area (Å²) < 4.78 is 1.81. The van der Waals surface area contributed by atoms with Crippen molar-refractivity contribution in [3.63, 3.8) is 0 Å². The van der Waals surface area contributed by atoms with E-state index in [1.807, 2.05) is 29.0 Å². The molecule has 0 atom stereocenters. The number of aromatic nitrogens is 4. The third kappa shape index (κ3) is 3.50. The van der Waals surface area contributed by atoms with E-state index in [-0.39, 0.29) is 0 Å². The lowest BCUT2D eigenvalue weighted by Crippen LogP contribution is -2.06. The molecule has 0 unspecified atom stereocenters. The first-order chi connectivity index (χ1) is 11.3. The fourth-order valence-electron chi connectivity index (χ4n) is 2.34. The Morgan fingerprint density at radius 3 is 2.74 bits per heavy atom. The molecule has 0 spiro atoms. The van der Waals surface area contributed by atoms with E-state index in [4.69, 9.17) is 16.7 Å². The summed E-state index contributed by atoms with van der Waals surface area (Å²) in [5, 5.41) is 4.69. The Morgan fingerprint density at radius 1 is 1.17 bits per heavy atom. The molecule has 3 rings (SSSR count). The van der Waals surface area contributed by atoms with Crippen molar-refractivity contribution in [2.45, 2.75) is 19.8 Å². The van der Waals surface area contributed by atoms with Gasteiger partial charge in [0.1, 0.15) is 0 Å². The van der Waals surface area contributed by atoms with Gasteiger partial charge in [-0.15, -0.1) is 17.3 Å². The van der Waals surface area contributed by atoms with Crippen LogP contribution in [0.3, 0.4) is 0 Å². The number of aryl methyl sites for hydroxylation is 1. The Labute approximate surface area is 140 Å². The summed E-state index contributed by atoms with van der Waals surface area (Å²) >= 11 is 5.88. The summed E-state index contributed by atoms with van der Waals surface area (Å²) in [6.07, 6.45) is 13.2. The smallest absolute Gasteiger partial charge is 0.220 e. The van der Waals surface area contributed by atoms with Crippen molar-refractivity contribution in [1.82, 2.24) is 19.7 Å². The maximum Gasteiger partial charge on any atom is 0.250 e. The Kier molecular flexibility index (Phi) is 4.86. The van der Waals surface area contributed by atoms with Crippen molar-refractivity contribution in [3.05, 3.63) is 71.5 Å². The molecule has 0 bridgehead atoms. The van der Waals surface area contributed by atoms with E-state index in [0.717, 1.165) is 35.4 Å². The van der Waals surface area contributed by atoms with E-state index in [2.05, 4.69) is 28.7 Å². The highest BCUT2D eigenvalue weighted by Crippen LogP contribution is 2.21. The van der Waals surface area contributed by atoms with Crippen molar-refractivity contribution in [3.8, 4) is 5.95 Å². The first-order valence-corrected chi connectivity index (χ1v) is 8.11. The van der Waals surface area contributed by atoms with Gasteiger partial charge in [-0.3, -0.25) is 0 Å². The first kappa shape index (κ1) is 15.5. The minimum Gasteiger partial charge on any atom is -0.220 e. The lowest BCUT2D eigenvalue weighted by atomic mass is 10.1. The van der Waals surface area contributed by atoms with Crippen LogP contribution in [0.5, 0.6) is 0 Å². The second-order valence-corrected chi connectivity index (χ2v) is 5.45. The minimum atomic E-state index is 0.470. The normalized spacial score (nSPS) is 13.7. The van der Waals surface area contributed by atoms with Gasteiger partial charge in [-0.25, -0.2) is 14.6 Å². The molecule has 2 aromatic rings. The van der Waals surface area contributed by atoms with E-state index in [0.29, 0.717) is 11.8 Å². The van der Waals surface area contributed by atoms with E-state index >= 15 is 0 Å². The molecule has 2 aromatic heterocycles. The van der Waals surface area contributed by atoms with Gasteiger partial charge >= 0.3 is 0 Å². The van der Waals surface area contributed by atoms with Gasteiger partial charge in [0.2, 0.25) is 0 Å². The molecule has 0 saturated carbocycles. The highest BCUT2D eigenvalue weighted by molar-refractivity contribution is 6.19. The zero-order chi connectivity index (χ0) is 16.1. The predicted octanol–water partition coefficient (Wildman–Crippen LogP) is 3.89. The molecule has 0 aromatic carbocycles. The highest BCUT2D eigenvalue weighted by atomic mass is 35.5. The summed E-state index contributed by atoms with van der Waals surface area (Å²) in [4.78, 5) is 8.61. The highest BCUT2D eigenvalue weighted by Gasteiger charge is 2.13. The van der Waals surface area contributed by atoms with Crippen LogP contribution in [-0.2, 0) is 6.42 Å². The molecule has 1 aliphatic rings. The van der Waals surface area contributed by atoms with Crippen molar-refractivity contribution in [2.24, 2.45) is 0 Å². The van der Waals surface area contributed by atoms with Crippen molar-refractivity contribution >= 4 is 17.2 Å². The largest absolute Gasteiger partial charge is 0.250 e. The Bertz CT molecular complexity index is 809. The van der Waals surface area contributed by atoms with Crippen molar-refractivity contribution in [1.29, 1.82) is 0 Å². The molecule has 0 amide bonds. The fraction of sp³-hybridized carbons (Fsp3) is 0.222. The number of halogens is 1. The Hall–Kier alpha value is -2.42. The van der Waals surface area contributed by atoms with Gasteiger partial charge in [0, 0.05) is 29.5 Å². The average Bonchev–Trinajstić information content (AvgIpc) is 2.86. The summed E-state index contributed by atoms with van der Waals surface area (Å²) in [6.45, 7) is 2.14.